The molecular formula is C14H19Cl2NO. The summed E-state index contributed by atoms with van der Waals surface area (Å²) in [6, 6.07) is 3.86. The number of ether oxygens (including phenoxy) is 1. The molecule has 1 heterocycles. The van der Waals surface area contributed by atoms with Crippen LogP contribution in [0.2, 0.25) is 10.0 Å². The molecule has 0 bridgehead atoms. The van der Waals surface area contributed by atoms with Gasteiger partial charge in [0.1, 0.15) is 11.4 Å². The molecule has 2 nitrogen and oxygen atoms in total. The maximum absolute atomic E-state index is 6.31. The maximum Gasteiger partial charge on any atom is 0.127 e. The van der Waals surface area contributed by atoms with Crippen molar-refractivity contribution >= 4 is 23.2 Å². The van der Waals surface area contributed by atoms with Crippen LogP contribution in [0.5, 0.6) is 5.75 Å². The van der Waals surface area contributed by atoms with E-state index in [9.17, 15) is 0 Å². The molecule has 1 atom stereocenters. The lowest BCUT2D eigenvalue weighted by molar-refractivity contribution is 0.0662. The number of benzene rings is 1. The van der Waals surface area contributed by atoms with E-state index >= 15 is 0 Å². The Morgan fingerprint density at radius 1 is 1.39 bits per heavy atom. The fraction of sp³-hybridized carbons (Fsp3) is 0.571. The van der Waals surface area contributed by atoms with E-state index in [0.717, 1.165) is 30.7 Å². The van der Waals surface area contributed by atoms with Crippen LogP contribution in [0.1, 0.15) is 45.2 Å². The molecule has 0 saturated heterocycles. The van der Waals surface area contributed by atoms with Crippen LogP contribution in [0.15, 0.2) is 12.1 Å². The van der Waals surface area contributed by atoms with E-state index in [1.54, 1.807) is 6.07 Å². The molecule has 2 rings (SSSR count). The number of fused-ring (bicyclic) bond motifs is 1. The Hall–Kier alpha value is -0.440. The van der Waals surface area contributed by atoms with Crippen molar-refractivity contribution in [2.24, 2.45) is 0 Å². The molecule has 0 aliphatic carbocycles. The fourth-order valence-corrected chi connectivity index (χ4v) is 3.02. The standard InChI is InChI=1S/C14H19Cl2NO/c1-4-5-17-11-8-14(2,3)18-12-7-9(15)6-10(16)13(11)12/h6-7,11,17H,4-5,8H2,1-3H3. The molecule has 1 aromatic carbocycles. The van der Waals surface area contributed by atoms with Crippen molar-refractivity contribution < 1.29 is 4.74 Å². The Labute approximate surface area is 119 Å². The van der Waals surface area contributed by atoms with Gasteiger partial charge in [0.15, 0.2) is 0 Å². The SMILES string of the molecule is CCCNC1CC(C)(C)Oc2cc(Cl)cc(Cl)c21. The fourth-order valence-electron chi connectivity index (χ4n) is 2.41. The normalized spacial score (nSPS) is 21.3. The number of nitrogens with one attached hydrogen (secondary N) is 1. The molecular weight excluding hydrogens is 269 g/mol. The molecule has 0 fully saturated rings. The molecule has 1 aromatic rings. The highest BCUT2D eigenvalue weighted by Crippen LogP contribution is 2.44. The summed E-state index contributed by atoms with van der Waals surface area (Å²) in [5.41, 5.74) is 0.834. The van der Waals surface area contributed by atoms with Gasteiger partial charge in [-0.3, -0.25) is 0 Å². The largest absolute Gasteiger partial charge is 0.487 e. The second kappa shape index (κ2) is 5.28. The van der Waals surface area contributed by atoms with Crippen LogP contribution in [0, 0.1) is 0 Å². The minimum atomic E-state index is -0.202. The topological polar surface area (TPSA) is 21.3 Å². The second-order valence-corrected chi connectivity index (χ2v) is 6.22. The van der Waals surface area contributed by atoms with Gasteiger partial charge in [-0.25, -0.2) is 0 Å². The van der Waals surface area contributed by atoms with Gasteiger partial charge in [-0.15, -0.1) is 0 Å². The van der Waals surface area contributed by atoms with Crippen molar-refractivity contribution in [3.8, 4) is 5.75 Å². The second-order valence-electron chi connectivity index (χ2n) is 5.37. The van der Waals surface area contributed by atoms with Gasteiger partial charge in [0.05, 0.1) is 5.02 Å². The zero-order chi connectivity index (χ0) is 13.3. The van der Waals surface area contributed by atoms with E-state index in [0.29, 0.717) is 10.0 Å². The summed E-state index contributed by atoms with van der Waals surface area (Å²) in [4.78, 5) is 0. The molecule has 1 N–H and O–H groups in total. The summed E-state index contributed by atoms with van der Waals surface area (Å²) >= 11 is 12.4. The molecule has 0 radical (unpaired) electrons. The quantitative estimate of drug-likeness (QED) is 0.878. The molecule has 0 spiro atoms. The monoisotopic (exact) mass is 287 g/mol. The molecule has 0 amide bonds. The van der Waals surface area contributed by atoms with Crippen LogP contribution in [-0.2, 0) is 0 Å². The summed E-state index contributed by atoms with van der Waals surface area (Å²) in [5, 5.41) is 4.83. The summed E-state index contributed by atoms with van der Waals surface area (Å²) in [7, 11) is 0. The van der Waals surface area contributed by atoms with E-state index in [4.69, 9.17) is 27.9 Å². The zero-order valence-electron chi connectivity index (χ0n) is 11.0. The molecule has 100 valence electrons. The molecule has 0 saturated carbocycles. The number of hydrogen-bond acceptors (Lipinski definition) is 2. The van der Waals surface area contributed by atoms with E-state index in [1.807, 2.05) is 6.07 Å². The van der Waals surface area contributed by atoms with Gasteiger partial charge in [-0.2, -0.15) is 0 Å². The van der Waals surface area contributed by atoms with Gasteiger partial charge >= 0.3 is 0 Å². The first-order valence-electron chi connectivity index (χ1n) is 6.34. The third kappa shape index (κ3) is 2.93. The molecule has 18 heavy (non-hydrogen) atoms. The van der Waals surface area contributed by atoms with Gasteiger partial charge in [-0.05, 0) is 38.9 Å². The van der Waals surface area contributed by atoms with E-state index in [2.05, 4.69) is 26.1 Å². The average molecular weight is 288 g/mol. The van der Waals surface area contributed by atoms with Crippen LogP contribution in [0.4, 0.5) is 0 Å². The van der Waals surface area contributed by atoms with Crippen molar-refractivity contribution in [1.82, 2.24) is 5.32 Å². The van der Waals surface area contributed by atoms with Crippen LogP contribution in [-0.4, -0.2) is 12.1 Å². The van der Waals surface area contributed by atoms with Crippen molar-refractivity contribution in [2.45, 2.75) is 45.3 Å². The highest BCUT2D eigenvalue weighted by Gasteiger charge is 2.35. The smallest absolute Gasteiger partial charge is 0.127 e. The van der Waals surface area contributed by atoms with Crippen molar-refractivity contribution in [2.75, 3.05) is 6.54 Å². The molecule has 0 aromatic heterocycles. The Bertz CT molecular complexity index is 446. The molecule has 1 unspecified atom stereocenters. The minimum absolute atomic E-state index is 0.202. The van der Waals surface area contributed by atoms with Gasteiger partial charge in [0.2, 0.25) is 0 Å². The third-order valence-electron chi connectivity index (χ3n) is 3.13. The zero-order valence-corrected chi connectivity index (χ0v) is 12.5. The minimum Gasteiger partial charge on any atom is -0.487 e. The lowest BCUT2D eigenvalue weighted by atomic mass is 9.89. The lowest BCUT2D eigenvalue weighted by Gasteiger charge is -2.38. The van der Waals surface area contributed by atoms with E-state index < -0.39 is 0 Å². The maximum atomic E-state index is 6.31. The Balaban J connectivity index is 2.40. The average Bonchev–Trinajstić information content (AvgIpc) is 2.22. The number of hydrogen-bond donors (Lipinski definition) is 1. The number of rotatable bonds is 3. The Morgan fingerprint density at radius 2 is 2.11 bits per heavy atom. The highest BCUT2D eigenvalue weighted by molar-refractivity contribution is 6.35. The predicted molar refractivity (Wildman–Crippen MR) is 76.8 cm³/mol. The van der Waals surface area contributed by atoms with Gasteiger partial charge in [0.25, 0.3) is 0 Å². The molecule has 1 aliphatic rings. The summed E-state index contributed by atoms with van der Waals surface area (Å²) in [5.74, 6) is 0.803. The molecule has 1 aliphatic heterocycles. The highest BCUT2D eigenvalue weighted by atomic mass is 35.5. The first-order chi connectivity index (χ1) is 8.43. The summed E-state index contributed by atoms with van der Waals surface area (Å²) < 4.78 is 5.98. The van der Waals surface area contributed by atoms with Gasteiger partial charge in [-0.1, -0.05) is 30.1 Å². The van der Waals surface area contributed by atoms with Crippen LogP contribution in [0.3, 0.4) is 0 Å². The Morgan fingerprint density at radius 3 is 2.78 bits per heavy atom. The van der Waals surface area contributed by atoms with Gasteiger partial charge in [0, 0.05) is 23.0 Å². The number of halogens is 2. The van der Waals surface area contributed by atoms with Crippen molar-refractivity contribution in [3.05, 3.63) is 27.7 Å². The van der Waals surface area contributed by atoms with E-state index in [-0.39, 0.29) is 11.6 Å². The van der Waals surface area contributed by atoms with Crippen LogP contribution >= 0.6 is 23.2 Å². The van der Waals surface area contributed by atoms with Crippen LogP contribution < -0.4 is 10.1 Å². The van der Waals surface area contributed by atoms with Crippen molar-refractivity contribution in [3.63, 3.8) is 0 Å². The summed E-state index contributed by atoms with van der Waals surface area (Å²) in [6.45, 7) is 7.30. The van der Waals surface area contributed by atoms with E-state index in [1.165, 1.54) is 0 Å². The first-order valence-corrected chi connectivity index (χ1v) is 7.10. The third-order valence-corrected chi connectivity index (χ3v) is 3.66. The van der Waals surface area contributed by atoms with Gasteiger partial charge < -0.3 is 10.1 Å². The van der Waals surface area contributed by atoms with Crippen LogP contribution in [0.25, 0.3) is 0 Å². The predicted octanol–water partition coefficient (Wildman–Crippen LogP) is 4.60. The van der Waals surface area contributed by atoms with Crippen molar-refractivity contribution in [1.29, 1.82) is 0 Å². The lowest BCUT2D eigenvalue weighted by Crippen LogP contribution is -2.39. The summed E-state index contributed by atoms with van der Waals surface area (Å²) in [6.07, 6.45) is 2.00. The first kappa shape index (κ1) is 14.0. The Kier molecular flexibility index (Phi) is 4.10. The molecule has 4 heteroatoms.